The van der Waals surface area contributed by atoms with Crippen molar-refractivity contribution >= 4 is 17.3 Å². The van der Waals surface area contributed by atoms with Crippen LogP contribution in [0.1, 0.15) is 20.3 Å². The third-order valence-electron chi connectivity index (χ3n) is 2.79. The number of anilines is 1. The number of aliphatic carboxylic acids is 1. The summed E-state index contributed by atoms with van der Waals surface area (Å²) >= 11 is 0. The molecule has 0 saturated carbocycles. The number of nitro benzene ring substituents is 1. The first kappa shape index (κ1) is 14.9. The fourth-order valence-electron chi connectivity index (χ4n) is 1.92. The summed E-state index contributed by atoms with van der Waals surface area (Å²) in [4.78, 5) is 22.1. The minimum atomic E-state index is -0.978. The standard InChI is InChI=1S/C12H15FN2O4/c1-3-14(8(2)6-12(16)17)11-5-4-9(15(18)19)7-10(11)13/h4-5,7-8H,3,6H2,1-2H3,(H,16,17). The molecule has 0 spiro atoms. The normalized spacial score (nSPS) is 11.9. The van der Waals surface area contributed by atoms with Crippen molar-refractivity contribution in [2.45, 2.75) is 26.3 Å². The topological polar surface area (TPSA) is 83.7 Å². The molecule has 0 heterocycles. The second kappa shape index (κ2) is 6.12. The molecule has 1 unspecified atom stereocenters. The van der Waals surface area contributed by atoms with Crippen LogP contribution in [0.25, 0.3) is 0 Å². The summed E-state index contributed by atoms with van der Waals surface area (Å²) < 4.78 is 13.9. The zero-order valence-corrected chi connectivity index (χ0v) is 10.7. The van der Waals surface area contributed by atoms with Crippen LogP contribution < -0.4 is 4.90 Å². The molecule has 6 nitrogen and oxygen atoms in total. The number of carboxylic acid groups (broad SMARTS) is 1. The zero-order valence-electron chi connectivity index (χ0n) is 10.7. The number of rotatable bonds is 6. The van der Waals surface area contributed by atoms with Gasteiger partial charge in [0.2, 0.25) is 0 Å². The number of halogens is 1. The minimum Gasteiger partial charge on any atom is -0.481 e. The van der Waals surface area contributed by atoms with Crippen LogP contribution in [0.15, 0.2) is 18.2 Å². The SMILES string of the molecule is CCN(c1ccc([N+](=O)[O-])cc1F)C(C)CC(=O)O. The quantitative estimate of drug-likeness (QED) is 0.634. The van der Waals surface area contributed by atoms with E-state index in [2.05, 4.69) is 0 Å². The molecule has 1 N–H and O–H groups in total. The van der Waals surface area contributed by atoms with Crippen LogP contribution in [0.4, 0.5) is 15.8 Å². The van der Waals surface area contributed by atoms with Crippen LogP contribution >= 0.6 is 0 Å². The lowest BCUT2D eigenvalue weighted by Gasteiger charge is -2.29. The summed E-state index contributed by atoms with van der Waals surface area (Å²) in [7, 11) is 0. The predicted molar refractivity (Wildman–Crippen MR) is 67.8 cm³/mol. The highest BCUT2D eigenvalue weighted by atomic mass is 19.1. The van der Waals surface area contributed by atoms with Crippen molar-refractivity contribution in [3.63, 3.8) is 0 Å². The molecular formula is C12H15FN2O4. The zero-order chi connectivity index (χ0) is 14.6. The van der Waals surface area contributed by atoms with Crippen molar-refractivity contribution in [1.29, 1.82) is 0 Å². The van der Waals surface area contributed by atoms with E-state index in [-0.39, 0.29) is 17.8 Å². The maximum Gasteiger partial charge on any atom is 0.305 e. The van der Waals surface area contributed by atoms with Crippen LogP contribution in [0, 0.1) is 15.9 Å². The van der Waals surface area contributed by atoms with E-state index >= 15 is 0 Å². The molecule has 1 rings (SSSR count). The third-order valence-corrected chi connectivity index (χ3v) is 2.79. The molecule has 104 valence electrons. The Hall–Kier alpha value is -2.18. The predicted octanol–water partition coefficient (Wildman–Crippen LogP) is 2.42. The lowest BCUT2D eigenvalue weighted by atomic mass is 10.1. The molecule has 0 aliphatic carbocycles. The number of benzene rings is 1. The van der Waals surface area contributed by atoms with E-state index in [1.165, 1.54) is 12.1 Å². The summed E-state index contributed by atoms with van der Waals surface area (Å²) in [5, 5.41) is 19.3. The van der Waals surface area contributed by atoms with Crippen molar-refractivity contribution in [3.8, 4) is 0 Å². The van der Waals surface area contributed by atoms with Crippen LogP contribution in [-0.2, 0) is 4.79 Å². The van der Waals surface area contributed by atoms with Gasteiger partial charge in [-0.15, -0.1) is 0 Å². The fraction of sp³-hybridized carbons (Fsp3) is 0.417. The van der Waals surface area contributed by atoms with Gasteiger partial charge in [0.25, 0.3) is 5.69 Å². The Morgan fingerprint density at radius 2 is 2.21 bits per heavy atom. The number of hydrogen-bond acceptors (Lipinski definition) is 4. The van der Waals surface area contributed by atoms with Gasteiger partial charge >= 0.3 is 5.97 Å². The average molecular weight is 270 g/mol. The highest BCUT2D eigenvalue weighted by Gasteiger charge is 2.20. The molecule has 0 bridgehead atoms. The van der Waals surface area contributed by atoms with Crippen molar-refractivity contribution in [2.75, 3.05) is 11.4 Å². The van der Waals surface area contributed by atoms with Crippen LogP contribution in [-0.4, -0.2) is 28.6 Å². The smallest absolute Gasteiger partial charge is 0.305 e. The molecule has 0 radical (unpaired) electrons. The lowest BCUT2D eigenvalue weighted by Crippen LogP contribution is -2.35. The molecule has 0 aromatic heterocycles. The van der Waals surface area contributed by atoms with Gasteiger partial charge in [-0.3, -0.25) is 14.9 Å². The molecule has 0 saturated heterocycles. The Morgan fingerprint density at radius 3 is 2.63 bits per heavy atom. The van der Waals surface area contributed by atoms with Gasteiger partial charge in [0.15, 0.2) is 5.82 Å². The number of hydrogen-bond donors (Lipinski definition) is 1. The third kappa shape index (κ3) is 3.64. The molecular weight excluding hydrogens is 255 g/mol. The van der Waals surface area contributed by atoms with Crippen molar-refractivity contribution < 1.29 is 19.2 Å². The fourth-order valence-corrected chi connectivity index (χ4v) is 1.92. The number of carbonyl (C=O) groups is 1. The van der Waals surface area contributed by atoms with Gasteiger partial charge < -0.3 is 10.0 Å². The van der Waals surface area contributed by atoms with Gasteiger partial charge in [-0.1, -0.05) is 0 Å². The van der Waals surface area contributed by atoms with Crippen LogP contribution in [0.3, 0.4) is 0 Å². The Labute approximate surface area is 109 Å². The first-order valence-corrected chi connectivity index (χ1v) is 5.79. The maximum absolute atomic E-state index is 13.9. The van der Waals surface area contributed by atoms with Crippen LogP contribution in [0.5, 0.6) is 0 Å². The van der Waals surface area contributed by atoms with Gasteiger partial charge in [-0.25, -0.2) is 4.39 Å². The molecule has 0 amide bonds. The van der Waals surface area contributed by atoms with E-state index < -0.39 is 22.8 Å². The van der Waals surface area contributed by atoms with E-state index in [0.717, 1.165) is 6.07 Å². The monoisotopic (exact) mass is 270 g/mol. The van der Waals surface area contributed by atoms with E-state index in [1.807, 2.05) is 0 Å². The van der Waals surface area contributed by atoms with Gasteiger partial charge in [-0.2, -0.15) is 0 Å². The molecule has 7 heteroatoms. The highest BCUT2D eigenvalue weighted by molar-refractivity contribution is 5.68. The second-order valence-corrected chi connectivity index (χ2v) is 4.13. The summed E-state index contributed by atoms with van der Waals surface area (Å²) in [6, 6.07) is 2.94. The largest absolute Gasteiger partial charge is 0.481 e. The van der Waals surface area contributed by atoms with Gasteiger partial charge in [0.1, 0.15) is 0 Å². The Bertz CT molecular complexity index is 493. The molecule has 19 heavy (non-hydrogen) atoms. The van der Waals surface area contributed by atoms with Gasteiger partial charge in [-0.05, 0) is 19.9 Å². The Kier molecular flexibility index (Phi) is 4.80. The van der Waals surface area contributed by atoms with Crippen molar-refractivity contribution in [2.24, 2.45) is 0 Å². The molecule has 0 fully saturated rings. The summed E-state index contributed by atoms with van der Waals surface area (Å²) in [6.45, 7) is 3.83. The first-order chi connectivity index (χ1) is 8.86. The van der Waals surface area contributed by atoms with Crippen molar-refractivity contribution in [3.05, 3.63) is 34.1 Å². The van der Waals surface area contributed by atoms with E-state index in [9.17, 15) is 19.3 Å². The Morgan fingerprint density at radius 1 is 1.58 bits per heavy atom. The lowest BCUT2D eigenvalue weighted by molar-refractivity contribution is -0.385. The maximum atomic E-state index is 13.9. The van der Waals surface area contributed by atoms with Crippen molar-refractivity contribution in [1.82, 2.24) is 0 Å². The molecule has 1 aromatic rings. The minimum absolute atomic E-state index is 0.135. The highest BCUT2D eigenvalue weighted by Crippen LogP contribution is 2.26. The Balaban J connectivity index is 3.05. The van der Waals surface area contributed by atoms with E-state index in [1.54, 1.807) is 18.7 Å². The number of nitrogens with zero attached hydrogens (tertiary/aromatic N) is 2. The number of carboxylic acids is 1. The van der Waals surface area contributed by atoms with E-state index in [4.69, 9.17) is 5.11 Å². The molecule has 0 aliphatic rings. The summed E-state index contributed by atoms with van der Waals surface area (Å²) in [6.07, 6.45) is -0.135. The number of non-ortho nitro benzene ring substituents is 1. The van der Waals surface area contributed by atoms with Gasteiger partial charge in [0.05, 0.1) is 23.1 Å². The van der Waals surface area contributed by atoms with Crippen LogP contribution in [0.2, 0.25) is 0 Å². The number of nitro groups is 1. The molecule has 0 aliphatic heterocycles. The van der Waals surface area contributed by atoms with Gasteiger partial charge in [0, 0.05) is 18.7 Å². The average Bonchev–Trinajstić information content (AvgIpc) is 2.30. The summed E-state index contributed by atoms with van der Waals surface area (Å²) in [5.74, 6) is -1.71. The van der Waals surface area contributed by atoms with E-state index in [0.29, 0.717) is 6.54 Å². The second-order valence-electron chi connectivity index (χ2n) is 4.13. The molecule has 1 aromatic carbocycles. The summed E-state index contributed by atoms with van der Waals surface area (Å²) in [5.41, 5.74) is -0.162. The molecule has 1 atom stereocenters. The first-order valence-electron chi connectivity index (χ1n) is 5.79.